The second kappa shape index (κ2) is 4.86. The molecule has 0 unspecified atom stereocenters. The van der Waals surface area contributed by atoms with Gasteiger partial charge in [-0.25, -0.2) is 0 Å². The molecule has 0 atom stereocenters. The van der Waals surface area contributed by atoms with Gasteiger partial charge >= 0.3 is 0 Å². The second-order valence-electron chi connectivity index (χ2n) is 4.05. The Morgan fingerprint density at radius 3 is 2.88 bits per heavy atom. The van der Waals surface area contributed by atoms with Gasteiger partial charge in [0, 0.05) is 19.0 Å². The minimum absolute atomic E-state index is 0.0343. The summed E-state index contributed by atoms with van der Waals surface area (Å²) < 4.78 is 0. The largest absolute Gasteiger partial charge is 0.383 e. The zero-order valence-electron chi connectivity index (χ0n) is 9.32. The molecule has 1 fully saturated rings. The van der Waals surface area contributed by atoms with Gasteiger partial charge in [-0.2, -0.15) is 5.10 Å². The highest BCUT2D eigenvalue weighted by Gasteiger charge is 2.22. The number of rotatable bonds is 5. The van der Waals surface area contributed by atoms with Gasteiger partial charge in [-0.3, -0.25) is 14.7 Å². The number of amides is 2. The van der Waals surface area contributed by atoms with E-state index < -0.39 is 0 Å². The van der Waals surface area contributed by atoms with Crippen molar-refractivity contribution in [1.82, 2.24) is 20.8 Å². The van der Waals surface area contributed by atoms with Crippen LogP contribution in [0.5, 0.6) is 0 Å². The molecule has 5 N–H and O–H groups in total. The normalized spacial score (nSPS) is 14.4. The maximum absolute atomic E-state index is 11.6. The smallest absolute Gasteiger partial charge is 0.256 e. The Morgan fingerprint density at radius 2 is 2.29 bits per heavy atom. The Labute approximate surface area is 98.1 Å². The van der Waals surface area contributed by atoms with Crippen molar-refractivity contribution >= 4 is 17.6 Å². The van der Waals surface area contributed by atoms with Crippen molar-refractivity contribution in [1.29, 1.82) is 0 Å². The topological polar surface area (TPSA) is 113 Å². The first-order chi connectivity index (χ1) is 8.16. The van der Waals surface area contributed by atoms with Gasteiger partial charge in [-0.05, 0) is 12.8 Å². The SMILES string of the molecule is Nc1[nH]ncc1C(=O)NCCC(=O)NC1CC1. The molecule has 1 heterocycles. The number of nitrogens with two attached hydrogens (primary N) is 1. The first kappa shape index (κ1) is 11.4. The summed E-state index contributed by atoms with van der Waals surface area (Å²) in [5, 5.41) is 11.6. The number of nitrogens with zero attached hydrogens (tertiary/aromatic N) is 1. The fourth-order valence-electron chi connectivity index (χ4n) is 1.39. The van der Waals surface area contributed by atoms with Crippen LogP contribution in [0.15, 0.2) is 6.20 Å². The van der Waals surface area contributed by atoms with E-state index in [1.807, 2.05) is 0 Å². The van der Waals surface area contributed by atoms with E-state index in [-0.39, 0.29) is 24.1 Å². The van der Waals surface area contributed by atoms with Crippen LogP contribution in [0.2, 0.25) is 0 Å². The van der Waals surface area contributed by atoms with E-state index in [0.29, 0.717) is 18.2 Å². The molecular weight excluding hydrogens is 222 g/mol. The van der Waals surface area contributed by atoms with Gasteiger partial charge in [0.25, 0.3) is 5.91 Å². The van der Waals surface area contributed by atoms with Crippen molar-refractivity contribution in [3.8, 4) is 0 Å². The lowest BCUT2D eigenvalue weighted by Crippen LogP contribution is -2.31. The van der Waals surface area contributed by atoms with Crippen LogP contribution in [-0.4, -0.2) is 34.6 Å². The molecule has 0 bridgehead atoms. The molecule has 0 spiro atoms. The van der Waals surface area contributed by atoms with Crippen molar-refractivity contribution in [3.05, 3.63) is 11.8 Å². The lowest BCUT2D eigenvalue weighted by Gasteiger charge is -2.05. The van der Waals surface area contributed by atoms with E-state index in [4.69, 9.17) is 5.73 Å². The van der Waals surface area contributed by atoms with Gasteiger partial charge in [-0.15, -0.1) is 0 Å². The van der Waals surface area contributed by atoms with E-state index in [2.05, 4.69) is 20.8 Å². The minimum Gasteiger partial charge on any atom is -0.383 e. The molecule has 1 saturated carbocycles. The number of anilines is 1. The molecule has 2 amide bonds. The number of aromatic nitrogens is 2. The van der Waals surface area contributed by atoms with E-state index in [9.17, 15) is 9.59 Å². The molecule has 0 radical (unpaired) electrons. The van der Waals surface area contributed by atoms with Crippen molar-refractivity contribution in [3.63, 3.8) is 0 Å². The van der Waals surface area contributed by atoms with Gasteiger partial charge < -0.3 is 16.4 Å². The third-order valence-corrected chi connectivity index (χ3v) is 2.49. The highest BCUT2D eigenvalue weighted by Crippen LogP contribution is 2.18. The zero-order valence-corrected chi connectivity index (χ0v) is 9.32. The highest BCUT2D eigenvalue weighted by molar-refractivity contribution is 5.98. The lowest BCUT2D eigenvalue weighted by molar-refractivity contribution is -0.121. The maximum atomic E-state index is 11.6. The minimum atomic E-state index is -0.324. The van der Waals surface area contributed by atoms with Crippen LogP contribution in [0.4, 0.5) is 5.82 Å². The standard InChI is InChI=1S/C10H15N5O2/c11-9-7(5-13-15-9)10(17)12-4-3-8(16)14-6-1-2-6/h5-6H,1-4H2,(H,12,17)(H,14,16)(H3,11,13,15). The summed E-state index contributed by atoms with van der Waals surface area (Å²) in [6.07, 6.45) is 3.75. The van der Waals surface area contributed by atoms with Gasteiger partial charge in [0.1, 0.15) is 11.4 Å². The summed E-state index contributed by atoms with van der Waals surface area (Å²) in [5.41, 5.74) is 5.79. The Balaban J connectivity index is 1.69. The molecule has 7 nitrogen and oxygen atoms in total. The van der Waals surface area contributed by atoms with Crippen LogP contribution < -0.4 is 16.4 Å². The lowest BCUT2D eigenvalue weighted by atomic mass is 10.3. The van der Waals surface area contributed by atoms with Gasteiger partial charge in [0.15, 0.2) is 0 Å². The number of hydrogen-bond donors (Lipinski definition) is 4. The van der Waals surface area contributed by atoms with Crippen LogP contribution >= 0.6 is 0 Å². The first-order valence-electron chi connectivity index (χ1n) is 5.53. The quantitative estimate of drug-likeness (QED) is 0.547. The predicted molar refractivity (Wildman–Crippen MR) is 61.1 cm³/mol. The fourth-order valence-corrected chi connectivity index (χ4v) is 1.39. The summed E-state index contributed by atoms with van der Waals surface area (Å²) in [6.45, 7) is 0.294. The first-order valence-corrected chi connectivity index (χ1v) is 5.53. The van der Waals surface area contributed by atoms with Crippen molar-refractivity contribution in [2.75, 3.05) is 12.3 Å². The number of carbonyl (C=O) groups excluding carboxylic acids is 2. The van der Waals surface area contributed by atoms with Crippen molar-refractivity contribution < 1.29 is 9.59 Å². The number of aromatic amines is 1. The molecule has 7 heteroatoms. The highest BCUT2D eigenvalue weighted by atomic mass is 16.2. The molecular formula is C10H15N5O2. The molecule has 1 aromatic heterocycles. The Kier molecular flexibility index (Phi) is 3.27. The predicted octanol–water partition coefficient (Wildman–Crippen LogP) is -0.610. The molecule has 0 aliphatic heterocycles. The number of nitrogen functional groups attached to an aromatic ring is 1. The van der Waals surface area contributed by atoms with E-state index in [0.717, 1.165) is 12.8 Å². The summed E-state index contributed by atoms with van der Waals surface area (Å²) in [6, 6.07) is 0.350. The zero-order chi connectivity index (χ0) is 12.3. The van der Waals surface area contributed by atoms with Gasteiger partial charge in [0.05, 0.1) is 6.20 Å². The molecule has 17 heavy (non-hydrogen) atoms. The average molecular weight is 237 g/mol. The number of H-pyrrole nitrogens is 1. The number of carbonyl (C=O) groups is 2. The van der Waals surface area contributed by atoms with Crippen LogP contribution in [0.25, 0.3) is 0 Å². The van der Waals surface area contributed by atoms with Crippen LogP contribution in [0.3, 0.4) is 0 Å². The van der Waals surface area contributed by atoms with Gasteiger partial charge in [0.2, 0.25) is 5.91 Å². The molecule has 92 valence electrons. The monoisotopic (exact) mass is 237 g/mol. The van der Waals surface area contributed by atoms with Crippen LogP contribution in [0, 0.1) is 0 Å². The molecule has 1 aliphatic rings. The Hall–Kier alpha value is -2.05. The summed E-state index contributed by atoms with van der Waals surface area (Å²) in [7, 11) is 0. The van der Waals surface area contributed by atoms with E-state index in [1.165, 1.54) is 6.20 Å². The Bertz CT molecular complexity index is 424. The molecule has 0 aromatic carbocycles. The fraction of sp³-hybridized carbons (Fsp3) is 0.500. The van der Waals surface area contributed by atoms with Crippen molar-refractivity contribution in [2.24, 2.45) is 0 Å². The van der Waals surface area contributed by atoms with Crippen molar-refractivity contribution in [2.45, 2.75) is 25.3 Å². The van der Waals surface area contributed by atoms with Crippen LogP contribution in [-0.2, 0) is 4.79 Å². The number of nitrogens with one attached hydrogen (secondary N) is 3. The summed E-state index contributed by atoms with van der Waals surface area (Å²) in [4.78, 5) is 22.9. The molecule has 1 aromatic rings. The summed E-state index contributed by atoms with van der Waals surface area (Å²) >= 11 is 0. The maximum Gasteiger partial charge on any atom is 0.256 e. The van der Waals surface area contributed by atoms with E-state index >= 15 is 0 Å². The number of hydrogen-bond acceptors (Lipinski definition) is 4. The summed E-state index contributed by atoms with van der Waals surface area (Å²) in [5.74, 6) is -0.131. The van der Waals surface area contributed by atoms with E-state index in [1.54, 1.807) is 0 Å². The molecule has 2 rings (SSSR count). The Morgan fingerprint density at radius 1 is 1.53 bits per heavy atom. The molecule has 1 aliphatic carbocycles. The van der Waals surface area contributed by atoms with Crippen LogP contribution in [0.1, 0.15) is 29.6 Å². The third-order valence-electron chi connectivity index (χ3n) is 2.49. The third kappa shape index (κ3) is 3.20. The van der Waals surface area contributed by atoms with Gasteiger partial charge in [-0.1, -0.05) is 0 Å². The average Bonchev–Trinajstić information content (AvgIpc) is 2.98. The second-order valence-corrected chi connectivity index (χ2v) is 4.05. The molecule has 0 saturated heterocycles.